The lowest BCUT2D eigenvalue weighted by atomic mass is 10.1. The van der Waals surface area contributed by atoms with E-state index in [0.29, 0.717) is 12.1 Å². The minimum absolute atomic E-state index is 0.318. The second-order valence-electron chi connectivity index (χ2n) is 4.40. The third-order valence-corrected chi connectivity index (χ3v) is 2.89. The van der Waals surface area contributed by atoms with Gasteiger partial charge in [-0.05, 0) is 30.7 Å². The van der Waals surface area contributed by atoms with Crippen LogP contribution >= 0.6 is 0 Å². The first-order valence-electron chi connectivity index (χ1n) is 6.00. The molecule has 0 unspecified atom stereocenters. The predicted molar refractivity (Wildman–Crippen MR) is 73.1 cm³/mol. The summed E-state index contributed by atoms with van der Waals surface area (Å²) in [4.78, 5) is 11.4. The van der Waals surface area contributed by atoms with Crippen molar-refractivity contribution in [1.82, 2.24) is 9.78 Å². The number of rotatable bonds is 4. The Morgan fingerprint density at radius 1 is 1.47 bits per heavy atom. The summed E-state index contributed by atoms with van der Waals surface area (Å²) in [6, 6.07) is 5.46. The van der Waals surface area contributed by atoms with Gasteiger partial charge in [0.25, 0.3) is 0 Å². The molecule has 0 fully saturated rings. The quantitative estimate of drug-likeness (QED) is 0.855. The molecule has 5 heteroatoms. The number of ether oxygens (including phenoxy) is 1. The van der Waals surface area contributed by atoms with Crippen molar-refractivity contribution in [2.24, 2.45) is 7.05 Å². The molecule has 1 N–H and O–H groups in total. The SMILES string of the molecule is COC(=O)c1ccc(NCc2cnn(C)c2)c(C)c1. The van der Waals surface area contributed by atoms with Crippen LogP contribution in [0.2, 0.25) is 0 Å². The lowest BCUT2D eigenvalue weighted by Crippen LogP contribution is -2.04. The van der Waals surface area contributed by atoms with Crippen molar-refractivity contribution in [3.05, 3.63) is 47.3 Å². The molecule has 1 aromatic heterocycles. The van der Waals surface area contributed by atoms with Gasteiger partial charge in [-0.25, -0.2) is 4.79 Å². The lowest BCUT2D eigenvalue weighted by Gasteiger charge is -2.09. The Kier molecular flexibility index (Phi) is 3.85. The topological polar surface area (TPSA) is 56.1 Å². The Labute approximate surface area is 112 Å². The van der Waals surface area contributed by atoms with Crippen molar-refractivity contribution in [3.63, 3.8) is 0 Å². The molecule has 0 saturated heterocycles. The summed E-state index contributed by atoms with van der Waals surface area (Å²) in [6.07, 6.45) is 3.79. The fraction of sp³-hybridized carbons (Fsp3) is 0.286. The van der Waals surface area contributed by atoms with Gasteiger partial charge in [-0.15, -0.1) is 0 Å². The summed E-state index contributed by atoms with van der Waals surface area (Å²) in [5.41, 5.74) is 3.68. The van der Waals surface area contributed by atoms with E-state index in [2.05, 4.69) is 10.4 Å². The molecule has 1 heterocycles. The molecule has 0 aliphatic heterocycles. The number of nitrogens with zero attached hydrogens (tertiary/aromatic N) is 2. The summed E-state index contributed by atoms with van der Waals surface area (Å²) < 4.78 is 6.46. The second kappa shape index (κ2) is 5.56. The molecule has 0 saturated carbocycles. The summed E-state index contributed by atoms with van der Waals surface area (Å²) in [5, 5.41) is 7.44. The van der Waals surface area contributed by atoms with Crippen LogP contribution < -0.4 is 5.32 Å². The van der Waals surface area contributed by atoms with Gasteiger partial charge in [0.1, 0.15) is 0 Å². The molecule has 0 atom stereocenters. The molecule has 5 nitrogen and oxygen atoms in total. The highest BCUT2D eigenvalue weighted by molar-refractivity contribution is 5.90. The number of hydrogen-bond acceptors (Lipinski definition) is 4. The van der Waals surface area contributed by atoms with Crippen molar-refractivity contribution in [3.8, 4) is 0 Å². The van der Waals surface area contributed by atoms with E-state index in [9.17, 15) is 4.79 Å². The number of methoxy groups -OCH3 is 1. The summed E-state index contributed by atoms with van der Waals surface area (Å²) in [7, 11) is 3.27. The minimum atomic E-state index is -0.318. The maximum atomic E-state index is 11.4. The van der Waals surface area contributed by atoms with E-state index in [1.54, 1.807) is 10.7 Å². The molecular formula is C14H17N3O2. The van der Waals surface area contributed by atoms with Gasteiger partial charge in [0.05, 0.1) is 18.9 Å². The van der Waals surface area contributed by atoms with Gasteiger partial charge < -0.3 is 10.1 Å². The van der Waals surface area contributed by atoms with E-state index in [0.717, 1.165) is 16.8 Å². The molecule has 100 valence electrons. The van der Waals surface area contributed by atoms with E-state index in [4.69, 9.17) is 4.74 Å². The largest absolute Gasteiger partial charge is 0.465 e. The average Bonchev–Trinajstić information content (AvgIpc) is 2.82. The normalized spacial score (nSPS) is 10.3. The fourth-order valence-electron chi connectivity index (χ4n) is 1.87. The van der Waals surface area contributed by atoms with Gasteiger partial charge >= 0.3 is 5.97 Å². The highest BCUT2D eigenvalue weighted by Gasteiger charge is 2.07. The van der Waals surface area contributed by atoms with Crippen molar-refractivity contribution in [2.45, 2.75) is 13.5 Å². The molecule has 19 heavy (non-hydrogen) atoms. The van der Waals surface area contributed by atoms with Gasteiger partial charge in [0, 0.05) is 31.0 Å². The van der Waals surface area contributed by atoms with Gasteiger partial charge in [0.2, 0.25) is 0 Å². The van der Waals surface area contributed by atoms with Crippen LogP contribution in [0, 0.1) is 6.92 Å². The zero-order chi connectivity index (χ0) is 13.8. The van der Waals surface area contributed by atoms with E-state index in [1.165, 1.54) is 7.11 Å². The highest BCUT2D eigenvalue weighted by atomic mass is 16.5. The first-order valence-corrected chi connectivity index (χ1v) is 6.00. The molecule has 2 aromatic rings. The molecule has 0 amide bonds. The number of carbonyl (C=O) groups excluding carboxylic acids is 1. The third-order valence-electron chi connectivity index (χ3n) is 2.89. The zero-order valence-electron chi connectivity index (χ0n) is 11.3. The number of anilines is 1. The van der Waals surface area contributed by atoms with Crippen molar-refractivity contribution in [2.75, 3.05) is 12.4 Å². The summed E-state index contributed by atoms with van der Waals surface area (Å²) in [6.45, 7) is 2.66. The van der Waals surface area contributed by atoms with E-state index < -0.39 is 0 Å². The Morgan fingerprint density at radius 2 is 2.26 bits per heavy atom. The summed E-state index contributed by atoms with van der Waals surface area (Å²) >= 11 is 0. The van der Waals surface area contributed by atoms with Crippen LogP contribution in [0.15, 0.2) is 30.6 Å². The molecule has 2 rings (SSSR count). The number of nitrogens with one attached hydrogen (secondary N) is 1. The zero-order valence-corrected chi connectivity index (χ0v) is 11.3. The Balaban J connectivity index is 2.07. The van der Waals surface area contributed by atoms with Crippen LogP contribution in [-0.4, -0.2) is 22.9 Å². The average molecular weight is 259 g/mol. The maximum Gasteiger partial charge on any atom is 0.337 e. The molecule has 0 aliphatic carbocycles. The van der Waals surface area contributed by atoms with Crippen molar-refractivity contribution in [1.29, 1.82) is 0 Å². The standard InChI is InChI=1S/C14H17N3O2/c1-10-6-12(14(18)19-3)4-5-13(10)15-7-11-8-16-17(2)9-11/h4-6,8-9,15H,7H2,1-3H3. The Morgan fingerprint density at radius 3 is 2.84 bits per heavy atom. The second-order valence-corrected chi connectivity index (χ2v) is 4.40. The first kappa shape index (κ1) is 13.1. The fourth-order valence-corrected chi connectivity index (χ4v) is 1.87. The van der Waals surface area contributed by atoms with Crippen LogP contribution in [0.25, 0.3) is 0 Å². The number of aryl methyl sites for hydroxylation is 2. The van der Waals surface area contributed by atoms with E-state index in [1.807, 2.05) is 38.5 Å². The number of carbonyl (C=O) groups is 1. The number of esters is 1. The smallest absolute Gasteiger partial charge is 0.337 e. The van der Waals surface area contributed by atoms with E-state index in [-0.39, 0.29) is 5.97 Å². The van der Waals surface area contributed by atoms with Gasteiger partial charge in [-0.3, -0.25) is 4.68 Å². The minimum Gasteiger partial charge on any atom is -0.465 e. The van der Waals surface area contributed by atoms with Crippen molar-refractivity contribution >= 4 is 11.7 Å². The van der Waals surface area contributed by atoms with Gasteiger partial charge in [0.15, 0.2) is 0 Å². The van der Waals surface area contributed by atoms with E-state index >= 15 is 0 Å². The van der Waals surface area contributed by atoms with Crippen LogP contribution in [-0.2, 0) is 18.3 Å². The number of aromatic nitrogens is 2. The monoisotopic (exact) mass is 259 g/mol. The third kappa shape index (κ3) is 3.13. The van der Waals surface area contributed by atoms with Gasteiger partial charge in [-0.1, -0.05) is 0 Å². The van der Waals surface area contributed by atoms with Crippen LogP contribution in [0.4, 0.5) is 5.69 Å². The molecule has 0 bridgehead atoms. The summed E-state index contributed by atoms with van der Waals surface area (Å²) in [5.74, 6) is -0.318. The van der Waals surface area contributed by atoms with Gasteiger partial charge in [-0.2, -0.15) is 5.10 Å². The molecule has 1 aromatic carbocycles. The number of benzene rings is 1. The molecular weight excluding hydrogens is 242 g/mol. The molecule has 0 radical (unpaired) electrons. The Bertz CT molecular complexity index is 590. The highest BCUT2D eigenvalue weighted by Crippen LogP contribution is 2.18. The Hall–Kier alpha value is -2.30. The first-order chi connectivity index (χ1) is 9.10. The van der Waals surface area contributed by atoms with Crippen LogP contribution in [0.1, 0.15) is 21.5 Å². The molecule has 0 spiro atoms. The maximum absolute atomic E-state index is 11.4. The van der Waals surface area contributed by atoms with Crippen LogP contribution in [0.5, 0.6) is 0 Å². The van der Waals surface area contributed by atoms with Crippen molar-refractivity contribution < 1.29 is 9.53 Å². The lowest BCUT2D eigenvalue weighted by molar-refractivity contribution is 0.0600. The number of hydrogen-bond donors (Lipinski definition) is 1. The van der Waals surface area contributed by atoms with Crippen LogP contribution in [0.3, 0.4) is 0 Å². The predicted octanol–water partition coefficient (Wildman–Crippen LogP) is 2.13. The molecule has 0 aliphatic rings.